The molecule has 1 aromatic carbocycles. The quantitative estimate of drug-likeness (QED) is 0.600. The molecule has 7 nitrogen and oxygen atoms in total. The maximum Gasteiger partial charge on any atom is 0.355 e. The molecule has 0 amide bonds. The van der Waals surface area contributed by atoms with E-state index in [0.29, 0.717) is 11.5 Å². The van der Waals surface area contributed by atoms with Crippen molar-refractivity contribution < 1.29 is 28.7 Å². The van der Waals surface area contributed by atoms with E-state index in [4.69, 9.17) is 0 Å². The highest BCUT2D eigenvalue weighted by Crippen LogP contribution is 2.62. The van der Waals surface area contributed by atoms with E-state index in [1.54, 1.807) is 36.0 Å². The van der Waals surface area contributed by atoms with Crippen LogP contribution in [0.1, 0.15) is 11.6 Å². The minimum Gasteiger partial charge on any atom is -0.323 e. The van der Waals surface area contributed by atoms with E-state index in [2.05, 4.69) is 0 Å². The van der Waals surface area contributed by atoms with E-state index in [0.717, 1.165) is 5.56 Å². The molecule has 0 saturated carbocycles. The van der Waals surface area contributed by atoms with Gasteiger partial charge in [0, 0.05) is 24.1 Å². The van der Waals surface area contributed by atoms with Crippen LogP contribution < -0.4 is 0 Å². The average Bonchev–Trinajstić information content (AvgIpc) is 2.37. The van der Waals surface area contributed by atoms with E-state index < -0.39 is 26.8 Å². The molecule has 1 fully saturated rings. The first-order valence-electron chi connectivity index (χ1n) is 6.20. The zero-order valence-electron chi connectivity index (χ0n) is 11.0. The van der Waals surface area contributed by atoms with Gasteiger partial charge in [0.15, 0.2) is 0 Å². The molecule has 2 rings (SSSR count). The molecule has 1 atom stereocenters. The van der Waals surface area contributed by atoms with Crippen LogP contribution >= 0.6 is 27.0 Å². The van der Waals surface area contributed by atoms with E-state index in [1.807, 2.05) is 6.07 Å². The molecule has 0 spiro atoms. The molecule has 10 heteroatoms. The number of hydrogen-bond acceptors (Lipinski definition) is 4. The average molecular weight is 353 g/mol. The van der Waals surface area contributed by atoms with Crippen molar-refractivity contribution in [2.75, 3.05) is 18.1 Å². The second-order valence-corrected chi connectivity index (χ2v) is 9.66. The van der Waals surface area contributed by atoms with Gasteiger partial charge in [-0.3, -0.25) is 14.0 Å². The first-order chi connectivity index (χ1) is 9.71. The van der Waals surface area contributed by atoms with Gasteiger partial charge in [-0.2, -0.15) is 11.8 Å². The largest absolute Gasteiger partial charge is 0.355 e. The van der Waals surface area contributed by atoms with Gasteiger partial charge in [-0.25, -0.2) is 0 Å². The Hall–Kier alpha value is -0.170. The molecule has 0 bridgehead atoms. The summed E-state index contributed by atoms with van der Waals surface area (Å²) in [4.78, 5) is 38.9. The fraction of sp³-hybridized carbons (Fsp3) is 0.455. The highest BCUT2D eigenvalue weighted by Gasteiger charge is 2.50. The number of hydrogen-bond donors (Lipinski definition) is 4. The zero-order valence-corrected chi connectivity index (χ0v) is 13.6. The Labute approximate surface area is 126 Å². The van der Waals surface area contributed by atoms with Crippen LogP contribution in [0.2, 0.25) is 0 Å². The molecule has 21 heavy (non-hydrogen) atoms. The van der Waals surface area contributed by atoms with E-state index in [9.17, 15) is 28.7 Å². The number of rotatable bonds is 4. The normalized spacial score (nSPS) is 21.7. The summed E-state index contributed by atoms with van der Waals surface area (Å²) in [6.07, 6.45) is 0. The molecular weight excluding hydrogens is 336 g/mol. The molecule has 0 aliphatic carbocycles. The van der Waals surface area contributed by atoms with E-state index in [-0.39, 0.29) is 6.54 Å². The SMILES string of the molecule is O=P(O)(O)C(N1CCSCC1c1ccccc1)P(=O)(O)O. The Kier molecular flexibility index (Phi) is 5.34. The molecule has 1 unspecified atom stereocenters. The third-order valence-electron chi connectivity index (χ3n) is 3.25. The molecule has 1 aliphatic rings. The van der Waals surface area contributed by atoms with E-state index in [1.165, 1.54) is 4.90 Å². The van der Waals surface area contributed by atoms with Crippen molar-refractivity contribution in [3.63, 3.8) is 0 Å². The second kappa shape index (κ2) is 6.52. The topological polar surface area (TPSA) is 118 Å². The fourth-order valence-corrected chi connectivity index (χ4v) is 6.45. The predicted molar refractivity (Wildman–Crippen MR) is 81.1 cm³/mol. The van der Waals surface area contributed by atoms with Gasteiger partial charge in [-0.1, -0.05) is 30.3 Å². The highest BCUT2D eigenvalue weighted by molar-refractivity contribution is 7.99. The third kappa shape index (κ3) is 4.18. The summed E-state index contributed by atoms with van der Waals surface area (Å²) in [6.45, 7) is 0.213. The van der Waals surface area contributed by atoms with Crippen molar-refractivity contribution in [3.05, 3.63) is 35.9 Å². The van der Waals surface area contributed by atoms with Gasteiger partial charge in [0.1, 0.15) is 0 Å². The lowest BCUT2D eigenvalue weighted by Crippen LogP contribution is -2.43. The van der Waals surface area contributed by atoms with Gasteiger partial charge in [0.25, 0.3) is 0 Å². The molecule has 0 aromatic heterocycles. The van der Waals surface area contributed by atoms with Crippen molar-refractivity contribution in [2.24, 2.45) is 0 Å². The van der Waals surface area contributed by atoms with Crippen LogP contribution in [-0.4, -0.2) is 48.0 Å². The van der Waals surface area contributed by atoms with Gasteiger partial charge in [0.2, 0.25) is 5.52 Å². The number of benzene rings is 1. The predicted octanol–water partition coefficient (Wildman–Crippen LogP) is 1.42. The summed E-state index contributed by atoms with van der Waals surface area (Å²) in [7, 11) is -9.94. The standard InChI is InChI=1S/C11H17NO6P2S/c13-19(14,15)11(20(16,17)18)12-6-7-21-8-10(12)9-4-2-1-3-5-9/h1-5,10-11H,6-8H2,(H2,13,14,15)(H2,16,17,18). The summed E-state index contributed by atoms with van der Waals surface area (Å²) in [6, 6.07) is 8.54. The van der Waals surface area contributed by atoms with Crippen LogP contribution in [0.3, 0.4) is 0 Å². The van der Waals surface area contributed by atoms with Crippen molar-refractivity contribution >= 4 is 27.0 Å². The van der Waals surface area contributed by atoms with Crippen LogP contribution in [-0.2, 0) is 9.13 Å². The lowest BCUT2D eigenvalue weighted by molar-refractivity contribution is 0.188. The Morgan fingerprint density at radius 3 is 2.19 bits per heavy atom. The molecule has 1 heterocycles. The molecule has 1 aliphatic heterocycles. The molecule has 118 valence electrons. The lowest BCUT2D eigenvalue weighted by atomic mass is 10.1. The zero-order chi connectivity index (χ0) is 15.7. The summed E-state index contributed by atoms with van der Waals surface area (Å²) >= 11 is 1.59. The van der Waals surface area contributed by atoms with Crippen molar-refractivity contribution in [1.29, 1.82) is 0 Å². The van der Waals surface area contributed by atoms with Crippen LogP contribution in [0.15, 0.2) is 30.3 Å². The Balaban J connectivity index is 2.42. The minimum absolute atomic E-state index is 0.213. The second-order valence-electron chi connectivity index (χ2n) is 4.76. The molecule has 4 N–H and O–H groups in total. The van der Waals surface area contributed by atoms with Crippen LogP contribution in [0, 0.1) is 0 Å². The lowest BCUT2D eigenvalue weighted by Gasteiger charge is -2.40. The maximum atomic E-state index is 11.6. The Morgan fingerprint density at radius 2 is 1.67 bits per heavy atom. The van der Waals surface area contributed by atoms with Crippen molar-refractivity contribution in [3.8, 4) is 0 Å². The van der Waals surface area contributed by atoms with E-state index >= 15 is 0 Å². The summed E-state index contributed by atoms with van der Waals surface area (Å²) in [5.74, 6) is 1.10. The number of thioether (sulfide) groups is 1. The molecule has 1 saturated heterocycles. The molecule has 1 aromatic rings. The maximum absolute atomic E-state index is 11.6. The van der Waals surface area contributed by atoms with Crippen LogP contribution in [0.25, 0.3) is 0 Å². The van der Waals surface area contributed by atoms with Crippen LogP contribution in [0.5, 0.6) is 0 Å². The van der Waals surface area contributed by atoms with Crippen molar-refractivity contribution in [1.82, 2.24) is 4.90 Å². The van der Waals surface area contributed by atoms with Gasteiger partial charge >= 0.3 is 15.2 Å². The highest BCUT2D eigenvalue weighted by atomic mass is 32.2. The van der Waals surface area contributed by atoms with Gasteiger partial charge in [0.05, 0.1) is 0 Å². The fourth-order valence-electron chi connectivity index (χ4n) is 2.44. The Bertz CT molecular complexity index is 551. The van der Waals surface area contributed by atoms with Crippen molar-refractivity contribution in [2.45, 2.75) is 11.6 Å². The molecule has 0 radical (unpaired) electrons. The Morgan fingerprint density at radius 1 is 1.10 bits per heavy atom. The first kappa shape index (κ1) is 17.2. The number of nitrogens with zero attached hydrogens (tertiary/aromatic N) is 1. The monoisotopic (exact) mass is 353 g/mol. The summed E-state index contributed by atoms with van der Waals surface area (Å²) in [5.41, 5.74) is -1.30. The smallest absolute Gasteiger partial charge is 0.323 e. The van der Waals surface area contributed by atoms with Gasteiger partial charge in [-0.15, -0.1) is 0 Å². The van der Waals surface area contributed by atoms with Gasteiger partial charge < -0.3 is 19.6 Å². The summed E-state index contributed by atoms with van der Waals surface area (Å²) in [5, 5.41) is 0. The summed E-state index contributed by atoms with van der Waals surface area (Å²) < 4.78 is 23.2. The van der Waals surface area contributed by atoms with Gasteiger partial charge in [-0.05, 0) is 5.56 Å². The van der Waals surface area contributed by atoms with Crippen LogP contribution in [0.4, 0.5) is 0 Å². The molecular formula is C11H17NO6P2S. The third-order valence-corrected chi connectivity index (χ3v) is 7.88. The minimum atomic E-state index is -4.97. The first-order valence-corrected chi connectivity index (χ1v) is 10.7.